The maximum Gasteiger partial charge on any atom is 0.261 e. The number of aryl methyl sites for hydroxylation is 2. The van der Waals surface area contributed by atoms with Crippen LogP contribution < -0.4 is 16.5 Å². The van der Waals surface area contributed by atoms with Crippen LogP contribution >= 0.6 is 0 Å². The van der Waals surface area contributed by atoms with E-state index in [9.17, 15) is 18.4 Å². The maximum atomic E-state index is 13.4. The van der Waals surface area contributed by atoms with E-state index in [1.807, 2.05) is 25.1 Å². The summed E-state index contributed by atoms with van der Waals surface area (Å²) in [5.41, 5.74) is 10.8. The number of pyridine rings is 3. The first-order valence-electron chi connectivity index (χ1n) is 12.5. The van der Waals surface area contributed by atoms with Crippen LogP contribution in [0.25, 0.3) is 33.4 Å². The Labute approximate surface area is 229 Å². The summed E-state index contributed by atoms with van der Waals surface area (Å²) in [7, 11) is 0. The van der Waals surface area contributed by atoms with E-state index in [-0.39, 0.29) is 17.7 Å². The third-order valence-electron chi connectivity index (χ3n) is 6.42. The average Bonchev–Trinajstić information content (AvgIpc) is 2.95. The number of nitrogens with zero attached hydrogens (tertiary/aromatic N) is 3. The van der Waals surface area contributed by atoms with Crippen LogP contribution in [0.15, 0.2) is 96.3 Å². The van der Waals surface area contributed by atoms with Crippen LogP contribution in [0.4, 0.5) is 20.3 Å². The number of carbonyl (C=O) groups is 1. The zero-order chi connectivity index (χ0) is 28.2. The molecule has 5 aromatic rings. The van der Waals surface area contributed by atoms with Crippen molar-refractivity contribution in [1.29, 1.82) is 0 Å². The molecule has 0 radical (unpaired) electrons. The number of hydrogen-bond donors (Lipinski definition) is 2. The summed E-state index contributed by atoms with van der Waals surface area (Å²) in [6.07, 6.45) is 6.22. The molecule has 0 bridgehead atoms. The Morgan fingerprint density at radius 1 is 0.900 bits per heavy atom. The smallest absolute Gasteiger partial charge is 0.261 e. The molecule has 0 unspecified atom stereocenters. The Hall–Kier alpha value is -5.18. The molecule has 0 aliphatic rings. The molecule has 40 heavy (non-hydrogen) atoms. The summed E-state index contributed by atoms with van der Waals surface area (Å²) in [5, 5.41) is 2.73. The summed E-state index contributed by atoms with van der Waals surface area (Å²) < 4.78 is 28.0. The van der Waals surface area contributed by atoms with Crippen LogP contribution in [0.1, 0.15) is 16.1 Å². The van der Waals surface area contributed by atoms with Gasteiger partial charge in [0.05, 0.1) is 6.54 Å². The molecule has 3 N–H and O–H groups in total. The minimum atomic E-state index is -0.686. The van der Waals surface area contributed by atoms with Gasteiger partial charge in [-0.25, -0.2) is 13.8 Å². The molecule has 1 amide bonds. The third kappa shape index (κ3) is 5.63. The van der Waals surface area contributed by atoms with E-state index < -0.39 is 23.8 Å². The van der Waals surface area contributed by atoms with Crippen LogP contribution in [-0.4, -0.2) is 27.1 Å². The number of aromatic nitrogens is 3. The highest BCUT2D eigenvalue weighted by Gasteiger charge is 2.17. The number of rotatable bonds is 7. The highest BCUT2D eigenvalue weighted by molar-refractivity contribution is 6.04. The van der Waals surface area contributed by atoms with E-state index in [0.717, 1.165) is 27.9 Å². The topological polar surface area (TPSA) is 103 Å². The molecule has 3 heterocycles. The molecule has 0 aliphatic heterocycles. The molecule has 0 spiro atoms. The fraction of sp³-hybridized carbons (Fsp3) is 0.0968. The lowest BCUT2D eigenvalue weighted by atomic mass is 10.0. The van der Waals surface area contributed by atoms with Gasteiger partial charge in [0.25, 0.3) is 5.91 Å². The zero-order valence-corrected chi connectivity index (χ0v) is 21.6. The number of hydrogen-bond acceptors (Lipinski definition) is 5. The van der Waals surface area contributed by atoms with E-state index in [4.69, 9.17) is 5.73 Å². The molecule has 0 atom stereocenters. The second-order valence-corrected chi connectivity index (χ2v) is 9.22. The molecule has 2 aromatic carbocycles. The molecule has 0 saturated heterocycles. The van der Waals surface area contributed by atoms with Gasteiger partial charge in [0, 0.05) is 52.9 Å². The summed E-state index contributed by atoms with van der Waals surface area (Å²) >= 11 is 0. The van der Waals surface area contributed by atoms with Crippen molar-refractivity contribution < 1.29 is 13.6 Å². The molecular formula is C31H25F2N5O2. The van der Waals surface area contributed by atoms with Crippen molar-refractivity contribution in [3.8, 4) is 33.4 Å². The highest BCUT2D eigenvalue weighted by Crippen LogP contribution is 2.30. The number of benzene rings is 2. The van der Waals surface area contributed by atoms with Gasteiger partial charge in [-0.3, -0.25) is 14.6 Å². The number of alkyl halides is 1. The Bertz CT molecular complexity index is 1750. The average molecular weight is 538 g/mol. The monoisotopic (exact) mass is 537 g/mol. The van der Waals surface area contributed by atoms with Crippen molar-refractivity contribution >= 4 is 17.4 Å². The van der Waals surface area contributed by atoms with E-state index >= 15 is 0 Å². The number of nitrogens with two attached hydrogens (primary N) is 1. The van der Waals surface area contributed by atoms with Gasteiger partial charge >= 0.3 is 0 Å². The third-order valence-corrected chi connectivity index (χ3v) is 6.42. The number of carbonyl (C=O) groups excluding carboxylic acids is 1. The van der Waals surface area contributed by atoms with Gasteiger partial charge in [-0.05, 0) is 66.1 Å². The van der Waals surface area contributed by atoms with E-state index in [1.165, 1.54) is 41.2 Å². The Balaban J connectivity index is 1.42. The molecule has 5 rings (SSSR count). The molecule has 7 nitrogen and oxygen atoms in total. The second-order valence-electron chi connectivity index (χ2n) is 9.22. The number of halogens is 2. The number of nitrogens with one attached hydrogen (secondary N) is 1. The quantitative estimate of drug-likeness (QED) is 0.270. The Morgan fingerprint density at radius 3 is 2.30 bits per heavy atom. The van der Waals surface area contributed by atoms with E-state index in [2.05, 4.69) is 15.3 Å². The van der Waals surface area contributed by atoms with Crippen molar-refractivity contribution in [2.45, 2.75) is 13.5 Å². The lowest BCUT2D eigenvalue weighted by molar-refractivity contribution is 0.102. The van der Waals surface area contributed by atoms with Crippen LogP contribution in [0.3, 0.4) is 0 Å². The van der Waals surface area contributed by atoms with Gasteiger partial charge in [-0.2, -0.15) is 0 Å². The highest BCUT2D eigenvalue weighted by atomic mass is 19.1. The predicted octanol–water partition coefficient (Wildman–Crippen LogP) is 5.89. The Morgan fingerprint density at radius 2 is 1.60 bits per heavy atom. The first-order chi connectivity index (χ1) is 19.3. The van der Waals surface area contributed by atoms with Crippen LogP contribution in [0.5, 0.6) is 0 Å². The first kappa shape index (κ1) is 26.4. The number of anilines is 2. The van der Waals surface area contributed by atoms with Gasteiger partial charge in [0.15, 0.2) is 0 Å². The summed E-state index contributed by atoms with van der Waals surface area (Å²) in [4.78, 5) is 34.9. The van der Waals surface area contributed by atoms with Crippen molar-refractivity contribution in [2.24, 2.45) is 0 Å². The zero-order valence-electron chi connectivity index (χ0n) is 21.6. The molecule has 0 saturated carbocycles. The first-order valence-corrected chi connectivity index (χ1v) is 12.5. The largest absolute Gasteiger partial charge is 0.383 e. The van der Waals surface area contributed by atoms with Crippen LogP contribution in [0.2, 0.25) is 0 Å². The Kier molecular flexibility index (Phi) is 7.46. The molecule has 3 aromatic heterocycles. The molecule has 200 valence electrons. The van der Waals surface area contributed by atoms with E-state index in [0.29, 0.717) is 17.1 Å². The fourth-order valence-electron chi connectivity index (χ4n) is 4.38. The lowest BCUT2D eigenvalue weighted by Crippen LogP contribution is -2.24. The molecule has 0 aliphatic carbocycles. The number of nitrogen functional groups attached to an aromatic ring is 1. The van der Waals surface area contributed by atoms with Gasteiger partial charge in [0.1, 0.15) is 23.9 Å². The summed E-state index contributed by atoms with van der Waals surface area (Å²) in [6, 6.07) is 18.1. The van der Waals surface area contributed by atoms with Gasteiger partial charge in [0.2, 0.25) is 5.43 Å². The number of amides is 1. The maximum absolute atomic E-state index is 13.4. The summed E-state index contributed by atoms with van der Waals surface area (Å²) in [6.45, 7) is 1.18. The van der Waals surface area contributed by atoms with Crippen LogP contribution in [-0.2, 0) is 6.54 Å². The molecule has 9 heteroatoms. The minimum Gasteiger partial charge on any atom is -0.383 e. The van der Waals surface area contributed by atoms with Crippen molar-refractivity contribution in [2.75, 3.05) is 17.7 Å². The van der Waals surface area contributed by atoms with Gasteiger partial charge in [-0.1, -0.05) is 24.3 Å². The molecular weight excluding hydrogens is 512 g/mol. The van der Waals surface area contributed by atoms with E-state index in [1.54, 1.807) is 36.7 Å². The molecule has 0 fully saturated rings. The fourth-order valence-corrected chi connectivity index (χ4v) is 4.38. The van der Waals surface area contributed by atoms with Gasteiger partial charge in [-0.15, -0.1) is 0 Å². The SMILES string of the molecule is Cc1cc(-c2cnc(N)c(-c3ccc(NC(=O)c4cn(CCF)cc(-c5ccc(F)cc5)c4=O)cc3)c2)ccn1. The van der Waals surface area contributed by atoms with Crippen LogP contribution in [0, 0.1) is 12.7 Å². The second kappa shape index (κ2) is 11.3. The standard InChI is InChI=1S/C31H25F2N5O2/c1-19-14-22(10-12-35-19)23-15-26(30(34)36-16-23)20-4-8-25(9-5-20)37-31(40)28-18-38(13-11-32)17-27(29(28)39)21-2-6-24(33)7-3-21/h2-10,12,14-18H,11,13H2,1H3,(H2,34,36)(H,37,40). The summed E-state index contributed by atoms with van der Waals surface area (Å²) in [5.74, 6) is -0.746. The van der Waals surface area contributed by atoms with Crippen molar-refractivity contribution in [3.63, 3.8) is 0 Å². The van der Waals surface area contributed by atoms with Crippen molar-refractivity contribution in [1.82, 2.24) is 14.5 Å². The van der Waals surface area contributed by atoms with Gasteiger partial charge < -0.3 is 15.6 Å². The van der Waals surface area contributed by atoms with Crippen molar-refractivity contribution in [3.05, 3.63) is 119 Å². The lowest BCUT2D eigenvalue weighted by Gasteiger charge is -2.12. The predicted molar refractivity (Wildman–Crippen MR) is 152 cm³/mol. The minimum absolute atomic E-state index is 0.0446. The normalized spacial score (nSPS) is 10.9.